The second-order valence-electron chi connectivity index (χ2n) is 3.79. The van der Waals surface area contributed by atoms with Gasteiger partial charge in [0.1, 0.15) is 0 Å². The average Bonchev–Trinajstić information content (AvgIpc) is 2.65. The number of carbonyl (C=O) groups is 1. The van der Waals surface area contributed by atoms with Crippen LogP contribution >= 0.6 is 0 Å². The van der Waals surface area contributed by atoms with Crippen molar-refractivity contribution in [2.45, 2.75) is 31.7 Å². The van der Waals surface area contributed by atoms with E-state index >= 15 is 0 Å². The third kappa shape index (κ3) is 3.27. The number of likely N-dealkylation sites (tertiary alicyclic amines) is 1. The van der Waals surface area contributed by atoms with E-state index in [1.807, 2.05) is 0 Å². The smallest absolute Gasteiger partial charge is 0.219 e. The Balaban J connectivity index is 2.14. The number of rotatable bonds is 5. The molecule has 0 bridgehead atoms. The molecule has 0 aromatic heterocycles. The lowest BCUT2D eigenvalue weighted by Crippen LogP contribution is -2.33. The Labute approximate surface area is 85.3 Å². The first kappa shape index (κ1) is 11.5. The fourth-order valence-corrected chi connectivity index (χ4v) is 1.96. The van der Waals surface area contributed by atoms with Gasteiger partial charge in [0.05, 0.1) is 6.61 Å². The highest BCUT2D eigenvalue weighted by Gasteiger charge is 2.22. The molecular weight excluding hydrogens is 180 g/mol. The minimum absolute atomic E-state index is 0.102. The molecule has 1 atom stereocenters. The zero-order valence-electron chi connectivity index (χ0n) is 8.83. The lowest BCUT2D eigenvalue weighted by Gasteiger charge is -2.22. The molecule has 2 N–H and O–H groups in total. The second-order valence-corrected chi connectivity index (χ2v) is 3.79. The molecule has 1 saturated heterocycles. The van der Waals surface area contributed by atoms with Crippen molar-refractivity contribution in [2.75, 3.05) is 26.7 Å². The van der Waals surface area contributed by atoms with Crippen LogP contribution in [0.3, 0.4) is 0 Å². The lowest BCUT2D eigenvalue weighted by molar-refractivity contribution is -0.120. The van der Waals surface area contributed by atoms with Crippen LogP contribution in [0.25, 0.3) is 0 Å². The van der Waals surface area contributed by atoms with Crippen LogP contribution in [0.2, 0.25) is 0 Å². The molecule has 4 nitrogen and oxygen atoms in total. The SMILES string of the molecule is CNC(=O)CCCN1CCC[C@@H]1CO. The van der Waals surface area contributed by atoms with Crippen molar-refractivity contribution in [1.29, 1.82) is 0 Å². The van der Waals surface area contributed by atoms with Gasteiger partial charge in [-0.3, -0.25) is 9.69 Å². The average molecular weight is 200 g/mol. The Morgan fingerprint density at radius 1 is 1.64 bits per heavy atom. The number of aliphatic hydroxyl groups is 1. The standard InChI is InChI=1S/C10H20N2O2/c1-11-10(14)5-3-7-12-6-2-4-9(12)8-13/h9,13H,2-8H2,1H3,(H,11,14)/t9-/m1/s1. The molecule has 1 amide bonds. The summed E-state index contributed by atoms with van der Waals surface area (Å²) in [5, 5.41) is 11.7. The summed E-state index contributed by atoms with van der Waals surface area (Å²) in [4.78, 5) is 13.2. The molecule has 1 aliphatic heterocycles. The van der Waals surface area contributed by atoms with Crippen molar-refractivity contribution in [3.63, 3.8) is 0 Å². The maximum absolute atomic E-state index is 11.0. The van der Waals surface area contributed by atoms with Crippen LogP contribution in [0.4, 0.5) is 0 Å². The van der Waals surface area contributed by atoms with Gasteiger partial charge in [-0.15, -0.1) is 0 Å². The van der Waals surface area contributed by atoms with Gasteiger partial charge in [-0.2, -0.15) is 0 Å². The van der Waals surface area contributed by atoms with Gasteiger partial charge in [-0.05, 0) is 32.4 Å². The van der Waals surface area contributed by atoms with Crippen LogP contribution in [0.5, 0.6) is 0 Å². The summed E-state index contributed by atoms with van der Waals surface area (Å²) >= 11 is 0. The topological polar surface area (TPSA) is 52.6 Å². The van der Waals surface area contributed by atoms with Gasteiger partial charge in [-0.25, -0.2) is 0 Å². The van der Waals surface area contributed by atoms with Gasteiger partial charge in [0.15, 0.2) is 0 Å². The zero-order valence-corrected chi connectivity index (χ0v) is 8.83. The number of aliphatic hydroxyl groups excluding tert-OH is 1. The monoisotopic (exact) mass is 200 g/mol. The summed E-state index contributed by atoms with van der Waals surface area (Å²) in [5.41, 5.74) is 0. The normalized spacial score (nSPS) is 22.6. The highest BCUT2D eigenvalue weighted by molar-refractivity contribution is 5.75. The van der Waals surface area contributed by atoms with E-state index in [0.29, 0.717) is 12.5 Å². The predicted octanol–water partition coefficient (Wildman–Crippen LogP) is -0.0307. The zero-order chi connectivity index (χ0) is 10.4. The summed E-state index contributed by atoms with van der Waals surface area (Å²) < 4.78 is 0. The summed E-state index contributed by atoms with van der Waals surface area (Å²) in [6.07, 6.45) is 3.74. The maximum atomic E-state index is 11.0. The van der Waals surface area contributed by atoms with Gasteiger partial charge in [0.25, 0.3) is 0 Å². The van der Waals surface area contributed by atoms with Crippen molar-refractivity contribution < 1.29 is 9.90 Å². The minimum atomic E-state index is 0.102. The van der Waals surface area contributed by atoms with Gasteiger partial charge < -0.3 is 10.4 Å². The number of nitrogens with zero attached hydrogens (tertiary/aromatic N) is 1. The molecule has 0 aromatic rings. The van der Waals surface area contributed by atoms with E-state index in [9.17, 15) is 4.79 Å². The number of hydrogen-bond donors (Lipinski definition) is 2. The van der Waals surface area contributed by atoms with Crippen molar-refractivity contribution >= 4 is 5.91 Å². The highest BCUT2D eigenvalue weighted by Crippen LogP contribution is 2.16. The summed E-state index contributed by atoms with van der Waals surface area (Å²) in [6.45, 7) is 2.25. The van der Waals surface area contributed by atoms with Gasteiger partial charge in [0.2, 0.25) is 5.91 Å². The van der Waals surface area contributed by atoms with E-state index in [4.69, 9.17) is 5.11 Å². The first-order valence-electron chi connectivity index (χ1n) is 5.33. The summed E-state index contributed by atoms with van der Waals surface area (Å²) in [6, 6.07) is 0.333. The van der Waals surface area contributed by atoms with Crippen molar-refractivity contribution in [2.24, 2.45) is 0 Å². The van der Waals surface area contributed by atoms with E-state index in [1.54, 1.807) is 7.05 Å². The number of hydrogen-bond acceptors (Lipinski definition) is 3. The van der Waals surface area contributed by atoms with E-state index < -0.39 is 0 Å². The van der Waals surface area contributed by atoms with Crippen LogP contribution in [-0.2, 0) is 4.79 Å². The second kappa shape index (κ2) is 5.98. The van der Waals surface area contributed by atoms with Crippen LogP contribution < -0.4 is 5.32 Å². The molecule has 1 fully saturated rings. The quantitative estimate of drug-likeness (QED) is 0.655. The van der Waals surface area contributed by atoms with E-state index in [1.165, 1.54) is 6.42 Å². The molecule has 0 radical (unpaired) electrons. The number of nitrogens with one attached hydrogen (secondary N) is 1. The summed E-state index contributed by atoms with van der Waals surface area (Å²) in [7, 11) is 1.66. The van der Waals surface area contributed by atoms with Gasteiger partial charge in [-0.1, -0.05) is 0 Å². The van der Waals surface area contributed by atoms with Crippen LogP contribution in [-0.4, -0.2) is 48.7 Å². The minimum Gasteiger partial charge on any atom is -0.395 e. The molecular formula is C10H20N2O2. The Morgan fingerprint density at radius 3 is 3.07 bits per heavy atom. The molecule has 1 aliphatic rings. The third-order valence-electron chi connectivity index (χ3n) is 2.84. The molecule has 0 aromatic carbocycles. The highest BCUT2D eigenvalue weighted by atomic mass is 16.3. The molecule has 14 heavy (non-hydrogen) atoms. The van der Waals surface area contributed by atoms with Crippen molar-refractivity contribution in [1.82, 2.24) is 10.2 Å². The Morgan fingerprint density at radius 2 is 2.43 bits per heavy atom. The third-order valence-corrected chi connectivity index (χ3v) is 2.84. The van der Waals surface area contributed by atoms with Gasteiger partial charge >= 0.3 is 0 Å². The first-order valence-corrected chi connectivity index (χ1v) is 5.33. The first-order chi connectivity index (χ1) is 6.77. The Kier molecular flexibility index (Phi) is 4.90. The Bertz CT molecular complexity index is 185. The van der Waals surface area contributed by atoms with E-state index in [0.717, 1.165) is 25.9 Å². The van der Waals surface area contributed by atoms with Crippen molar-refractivity contribution in [3.05, 3.63) is 0 Å². The number of amides is 1. The van der Waals surface area contributed by atoms with Crippen LogP contribution in [0.1, 0.15) is 25.7 Å². The van der Waals surface area contributed by atoms with Crippen LogP contribution in [0.15, 0.2) is 0 Å². The van der Waals surface area contributed by atoms with E-state index in [2.05, 4.69) is 10.2 Å². The molecule has 0 spiro atoms. The number of carbonyl (C=O) groups excluding carboxylic acids is 1. The molecule has 1 heterocycles. The molecule has 1 rings (SSSR count). The lowest BCUT2D eigenvalue weighted by atomic mass is 10.2. The van der Waals surface area contributed by atoms with Gasteiger partial charge in [0, 0.05) is 19.5 Å². The summed E-state index contributed by atoms with van der Waals surface area (Å²) in [5.74, 6) is 0.102. The molecule has 0 aliphatic carbocycles. The molecule has 82 valence electrons. The predicted molar refractivity (Wildman–Crippen MR) is 55.0 cm³/mol. The molecule has 0 unspecified atom stereocenters. The Hall–Kier alpha value is -0.610. The largest absolute Gasteiger partial charge is 0.395 e. The van der Waals surface area contributed by atoms with Crippen molar-refractivity contribution in [3.8, 4) is 0 Å². The van der Waals surface area contributed by atoms with E-state index in [-0.39, 0.29) is 12.5 Å². The fourth-order valence-electron chi connectivity index (χ4n) is 1.96. The van der Waals surface area contributed by atoms with Crippen LogP contribution in [0, 0.1) is 0 Å². The fraction of sp³-hybridized carbons (Fsp3) is 0.900. The maximum Gasteiger partial charge on any atom is 0.219 e. The molecule has 4 heteroatoms. The molecule has 0 saturated carbocycles.